The van der Waals surface area contributed by atoms with Gasteiger partial charge >= 0.3 is 12.1 Å². The predicted octanol–water partition coefficient (Wildman–Crippen LogP) is 4.98. The number of hydrogen-bond donors (Lipinski definition) is 2. The molecule has 0 saturated heterocycles. The minimum Gasteiger partial charge on any atom is -0.458 e. The van der Waals surface area contributed by atoms with Gasteiger partial charge in [-0.2, -0.15) is 0 Å². The third-order valence-corrected chi connectivity index (χ3v) is 6.35. The highest BCUT2D eigenvalue weighted by Crippen LogP contribution is 2.44. The van der Waals surface area contributed by atoms with E-state index < -0.39 is 35.7 Å². The van der Waals surface area contributed by atoms with Crippen molar-refractivity contribution < 1.29 is 23.9 Å². The van der Waals surface area contributed by atoms with Crippen LogP contribution in [0.15, 0.2) is 78.9 Å². The van der Waals surface area contributed by atoms with Gasteiger partial charge in [-0.1, -0.05) is 78.9 Å². The Labute approximate surface area is 223 Å². The molecule has 0 heterocycles. The maximum Gasteiger partial charge on any atom is 0.407 e. The molecule has 0 bridgehead atoms. The van der Waals surface area contributed by atoms with E-state index in [1.165, 1.54) is 0 Å². The van der Waals surface area contributed by atoms with Crippen molar-refractivity contribution in [3.63, 3.8) is 0 Å². The molecular weight excluding hydrogens is 480 g/mol. The van der Waals surface area contributed by atoms with Crippen molar-refractivity contribution >= 4 is 18.0 Å². The van der Waals surface area contributed by atoms with E-state index in [0.717, 1.165) is 27.8 Å². The van der Waals surface area contributed by atoms with E-state index in [2.05, 4.69) is 22.8 Å². The molecule has 0 saturated carbocycles. The zero-order chi connectivity index (χ0) is 27.3. The van der Waals surface area contributed by atoms with Crippen LogP contribution < -0.4 is 10.6 Å². The molecule has 2 amide bonds. The molecule has 4 rings (SSSR count). The molecule has 7 heteroatoms. The number of ether oxygens (including phenoxy) is 2. The highest BCUT2D eigenvalue weighted by molar-refractivity contribution is 5.90. The van der Waals surface area contributed by atoms with Gasteiger partial charge in [0.1, 0.15) is 24.3 Å². The van der Waals surface area contributed by atoms with Crippen molar-refractivity contribution in [2.45, 2.75) is 57.7 Å². The molecule has 0 unspecified atom stereocenters. The lowest BCUT2D eigenvalue weighted by atomic mass is 9.98. The van der Waals surface area contributed by atoms with Crippen LogP contribution in [0.25, 0.3) is 11.1 Å². The molecule has 38 heavy (non-hydrogen) atoms. The van der Waals surface area contributed by atoms with Crippen molar-refractivity contribution in [3.05, 3.63) is 95.6 Å². The lowest BCUT2D eigenvalue weighted by molar-refractivity contribution is -0.158. The summed E-state index contributed by atoms with van der Waals surface area (Å²) in [5, 5.41) is 5.37. The van der Waals surface area contributed by atoms with Crippen molar-refractivity contribution in [1.82, 2.24) is 10.6 Å². The van der Waals surface area contributed by atoms with Gasteiger partial charge in [-0.3, -0.25) is 4.79 Å². The van der Waals surface area contributed by atoms with Crippen molar-refractivity contribution in [2.24, 2.45) is 0 Å². The monoisotopic (exact) mass is 514 g/mol. The van der Waals surface area contributed by atoms with Crippen LogP contribution >= 0.6 is 0 Å². The lowest BCUT2D eigenvalue weighted by Crippen LogP contribution is -2.52. The summed E-state index contributed by atoms with van der Waals surface area (Å²) in [5.41, 5.74) is 4.65. The van der Waals surface area contributed by atoms with Gasteiger partial charge in [-0.15, -0.1) is 0 Å². The number of carbonyl (C=O) groups excluding carboxylic acids is 3. The summed E-state index contributed by atoms with van der Waals surface area (Å²) in [4.78, 5) is 38.5. The number of amides is 2. The standard InChI is InChI=1S/C31H34N2O5/c1-20(29(35)38-31(2,3)4)32-28(34)27(18-21-12-6-5-7-13-21)33-30(36)37-19-26-24-16-10-8-14-22(24)23-15-9-11-17-25(23)26/h5-17,20,26-27H,18-19H2,1-4H3,(H,32,34)(H,33,36)/t20-,27+/m0/s1. The number of nitrogens with one attached hydrogen (secondary N) is 2. The van der Waals surface area contributed by atoms with Crippen LogP contribution in [-0.2, 0) is 25.5 Å². The minimum atomic E-state index is -0.946. The first-order valence-corrected chi connectivity index (χ1v) is 12.8. The van der Waals surface area contributed by atoms with Crippen LogP contribution in [-0.4, -0.2) is 42.3 Å². The third kappa shape index (κ3) is 6.59. The molecule has 198 valence electrons. The average molecular weight is 515 g/mol. The maximum absolute atomic E-state index is 13.2. The summed E-state index contributed by atoms with van der Waals surface area (Å²) in [5.74, 6) is -1.15. The molecule has 0 radical (unpaired) electrons. The van der Waals surface area contributed by atoms with Gasteiger partial charge < -0.3 is 20.1 Å². The summed E-state index contributed by atoms with van der Waals surface area (Å²) < 4.78 is 11.0. The Kier molecular flexibility index (Phi) is 8.15. The van der Waals surface area contributed by atoms with Gasteiger partial charge in [-0.25, -0.2) is 9.59 Å². The maximum atomic E-state index is 13.2. The zero-order valence-corrected chi connectivity index (χ0v) is 22.2. The highest BCUT2D eigenvalue weighted by atomic mass is 16.6. The molecule has 0 aliphatic heterocycles. The molecule has 3 aromatic rings. The van der Waals surface area contributed by atoms with Crippen molar-refractivity contribution in [2.75, 3.05) is 6.61 Å². The normalized spacial score (nSPS) is 14.0. The number of fused-ring (bicyclic) bond motifs is 3. The average Bonchev–Trinajstić information content (AvgIpc) is 3.20. The first-order valence-electron chi connectivity index (χ1n) is 12.8. The molecule has 0 aromatic heterocycles. The Hall–Kier alpha value is -4.13. The number of esters is 1. The van der Waals surface area contributed by atoms with E-state index in [0.29, 0.717) is 0 Å². The second-order valence-corrected chi connectivity index (χ2v) is 10.5. The molecule has 2 atom stereocenters. The smallest absolute Gasteiger partial charge is 0.407 e. The SMILES string of the molecule is C[C@H](NC(=O)[C@@H](Cc1ccccc1)NC(=O)OCC1c2ccccc2-c2ccccc21)C(=O)OC(C)(C)C. The van der Waals surface area contributed by atoms with Crippen molar-refractivity contribution in [3.8, 4) is 11.1 Å². The Balaban J connectivity index is 1.44. The van der Waals surface area contributed by atoms with Gasteiger partial charge in [0, 0.05) is 12.3 Å². The van der Waals surface area contributed by atoms with Gasteiger partial charge in [0.2, 0.25) is 5.91 Å². The first kappa shape index (κ1) is 26.9. The summed E-state index contributed by atoms with van der Waals surface area (Å²) in [6.45, 7) is 6.97. The number of alkyl carbamates (subject to hydrolysis) is 1. The number of carbonyl (C=O) groups is 3. The Morgan fingerprint density at radius 1 is 0.816 bits per heavy atom. The summed E-state index contributed by atoms with van der Waals surface area (Å²) >= 11 is 0. The number of hydrogen-bond acceptors (Lipinski definition) is 5. The predicted molar refractivity (Wildman–Crippen MR) is 146 cm³/mol. The van der Waals surface area contributed by atoms with Gasteiger partial charge in [-0.05, 0) is 55.5 Å². The topological polar surface area (TPSA) is 93.7 Å². The minimum absolute atomic E-state index is 0.0956. The Morgan fingerprint density at radius 3 is 1.95 bits per heavy atom. The molecule has 0 spiro atoms. The third-order valence-electron chi connectivity index (χ3n) is 6.35. The Morgan fingerprint density at radius 2 is 1.37 bits per heavy atom. The van der Waals surface area contributed by atoms with Crippen LogP contribution in [0.5, 0.6) is 0 Å². The van der Waals surface area contributed by atoms with E-state index in [1.807, 2.05) is 66.7 Å². The Bertz CT molecular complexity index is 1250. The highest BCUT2D eigenvalue weighted by Gasteiger charge is 2.31. The summed E-state index contributed by atoms with van der Waals surface area (Å²) in [7, 11) is 0. The van der Waals surface area contributed by atoms with E-state index in [4.69, 9.17) is 9.47 Å². The largest absolute Gasteiger partial charge is 0.458 e. The fourth-order valence-electron chi connectivity index (χ4n) is 4.60. The van der Waals surface area contributed by atoms with Crippen LogP contribution in [0.4, 0.5) is 4.79 Å². The molecule has 1 aliphatic carbocycles. The molecule has 0 fully saturated rings. The second-order valence-electron chi connectivity index (χ2n) is 10.5. The lowest BCUT2D eigenvalue weighted by Gasteiger charge is -2.24. The van der Waals surface area contributed by atoms with E-state index >= 15 is 0 Å². The van der Waals surface area contributed by atoms with Crippen LogP contribution in [0.1, 0.15) is 50.3 Å². The molecule has 2 N–H and O–H groups in total. The van der Waals surface area contributed by atoms with Gasteiger partial charge in [0.15, 0.2) is 0 Å². The van der Waals surface area contributed by atoms with Crippen LogP contribution in [0.3, 0.4) is 0 Å². The van der Waals surface area contributed by atoms with E-state index in [9.17, 15) is 14.4 Å². The first-order chi connectivity index (χ1) is 18.1. The van der Waals surface area contributed by atoms with Crippen LogP contribution in [0, 0.1) is 0 Å². The van der Waals surface area contributed by atoms with Gasteiger partial charge in [0.05, 0.1) is 0 Å². The molecule has 3 aromatic carbocycles. The molecule has 1 aliphatic rings. The summed E-state index contributed by atoms with van der Waals surface area (Å²) in [6.07, 6.45) is -0.467. The summed E-state index contributed by atoms with van der Waals surface area (Å²) in [6, 6.07) is 23.7. The fraction of sp³-hybridized carbons (Fsp3) is 0.323. The molecule has 7 nitrogen and oxygen atoms in total. The number of benzene rings is 3. The second kappa shape index (κ2) is 11.5. The number of rotatable bonds is 8. The van der Waals surface area contributed by atoms with Crippen LogP contribution in [0.2, 0.25) is 0 Å². The quantitative estimate of drug-likeness (QED) is 0.414. The van der Waals surface area contributed by atoms with E-state index in [1.54, 1.807) is 27.7 Å². The molecular formula is C31H34N2O5. The van der Waals surface area contributed by atoms with Crippen molar-refractivity contribution in [1.29, 1.82) is 0 Å². The van der Waals surface area contributed by atoms with E-state index in [-0.39, 0.29) is 18.9 Å². The zero-order valence-electron chi connectivity index (χ0n) is 22.2. The fourth-order valence-corrected chi connectivity index (χ4v) is 4.60. The van der Waals surface area contributed by atoms with Gasteiger partial charge in [0.25, 0.3) is 0 Å².